The summed E-state index contributed by atoms with van der Waals surface area (Å²) in [5.74, 6) is -0.0395. The highest BCUT2D eigenvalue weighted by molar-refractivity contribution is 5.78. The highest BCUT2D eigenvalue weighted by Crippen LogP contribution is 2.26. The zero-order chi connectivity index (χ0) is 15.3. The molecule has 4 nitrogen and oxygen atoms in total. The molecular weight excluding hydrogens is 254 g/mol. The first-order valence-corrected chi connectivity index (χ1v) is 7.03. The minimum absolute atomic E-state index is 0.419. The molecule has 1 aromatic rings. The van der Waals surface area contributed by atoms with Crippen molar-refractivity contribution in [2.24, 2.45) is 5.73 Å². The van der Waals surface area contributed by atoms with Gasteiger partial charge in [-0.25, -0.2) is 0 Å². The molecule has 112 valence electrons. The molecule has 1 rings (SSSR count). The van der Waals surface area contributed by atoms with E-state index in [-0.39, 0.29) is 0 Å². The molecule has 1 atom stereocenters. The van der Waals surface area contributed by atoms with Gasteiger partial charge in [-0.3, -0.25) is 4.79 Å². The van der Waals surface area contributed by atoms with Crippen LogP contribution < -0.4 is 10.5 Å². The number of ether oxygens (including phenoxy) is 1. The number of nitrogens with two attached hydrogens (primary N) is 1. The summed E-state index contributed by atoms with van der Waals surface area (Å²) in [7, 11) is 0. The second kappa shape index (κ2) is 6.75. The lowest BCUT2D eigenvalue weighted by Crippen LogP contribution is -2.47. The van der Waals surface area contributed by atoms with Crippen molar-refractivity contribution in [3.05, 3.63) is 28.8 Å². The Morgan fingerprint density at radius 3 is 2.45 bits per heavy atom. The van der Waals surface area contributed by atoms with Crippen molar-refractivity contribution in [3.63, 3.8) is 0 Å². The standard InChI is InChI=1S/C16H25NO3/c1-5-16(17,15(18)19)9-6-10-20-14-12(3)8-7-11(2)13(14)4/h7-8H,5-6,9-10,17H2,1-4H3,(H,18,19). The molecule has 1 unspecified atom stereocenters. The summed E-state index contributed by atoms with van der Waals surface area (Å²) in [6.45, 7) is 8.38. The van der Waals surface area contributed by atoms with Crippen molar-refractivity contribution in [1.29, 1.82) is 0 Å². The average Bonchev–Trinajstić information content (AvgIpc) is 2.41. The van der Waals surface area contributed by atoms with Crippen molar-refractivity contribution >= 4 is 5.97 Å². The third-order valence-electron chi connectivity index (χ3n) is 3.94. The molecule has 0 radical (unpaired) electrons. The molecule has 0 amide bonds. The summed E-state index contributed by atoms with van der Waals surface area (Å²) in [6, 6.07) is 4.11. The van der Waals surface area contributed by atoms with Crippen molar-refractivity contribution in [3.8, 4) is 5.75 Å². The fourth-order valence-electron chi connectivity index (χ4n) is 2.14. The van der Waals surface area contributed by atoms with E-state index < -0.39 is 11.5 Å². The molecule has 0 aliphatic carbocycles. The quantitative estimate of drug-likeness (QED) is 0.753. The van der Waals surface area contributed by atoms with Crippen LogP contribution in [0.5, 0.6) is 5.75 Å². The Bertz CT molecular complexity index is 485. The SMILES string of the molecule is CCC(N)(CCCOc1c(C)ccc(C)c1C)C(=O)O. The summed E-state index contributed by atoms with van der Waals surface area (Å²) in [4.78, 5) is 11.1. The normalized spacial score (nSPS) is 13.8. The number of hydrogen-bond acceptors (Lipinski definition) is 3. The maximum absolute atomic E-state index is 11.1. The molecule has 1 aromatic carbocycles. The van der Waals surface area contributed by atoms with E-state index >= 15 is 0 Å². The largest absolute Gasteiger partial charge is 0.493 e. The molecule has 0 bridgehead atoms. The lowest BCUT2D eigenvalue weighted by atomic mass is 9.92. The molecule has 0 aliphatic heterocycles. The third kappa shape index (κ3) is 3.73. The van der Waals surface area contributed by atoms with Gasteiger partial charge in [0.1, 0.15) is 11.3 Å². The van der Waals surface area contributed by atoms with Crippen LogP contribution in [0.4, 0.5) is 0 Å². The molecule has 3 N–H and O–H groups in total. The second-order valence-electron chi connectivity index (χ2n) is 5.42. The maximum atomic E-state index is 11.1. The number of aliphatic carboxylic acids is 1. The van der Waals surface area contributed by atoms with Gasteiger partial charge in [-0.2, -0.15) is 0 Å². The highest BCUT2D eigenvalue weighted by Gasteiger charge is 2.31. The number of rotatable bonds is 7. The molecule has 0 fully saturated rings. The van der Waals surface area contributed by atoms with E-state index in [4.69, 9.17) is 15.6 Å². The van der Waals surface area contributed by atoms with Gasteiger partial charge in [-0.1, -0.05) is 19.1 Å². The molecule has 0 saturated heterocycles. The van der Waals surface area contributed by atoms with Crippen LogP contribution in [0.25, 0.3) is 0 Å². The zero-order valence-corrected chi connectivity index (χ0v) is 12.8. The molecule has 20 heavy (non-hydrogen) atoms. The molecule has 0 spiro atoms. The van der Waals surface area contributed by atoms with Gasteiger partial charge in [0.2, 0.25) is 0 Å². The predicted molar refractivity (Wildman–Crippen MR) is 80.2 cm³/mol. The Hall–Kier alpha value is -1.55. The minimum atomic E-state index is -1.14. The summed E-state index contributed by atoms with van der Waals surface area (Å²) >= 11 is 0. The van der Waals surface area contributed by atoms with Crippen molar-refractivity contribution < 1.29 is 14.6 Å². The summed E-state index contributed by atoms with van der Waals surface area (Å²) in [5.41, 5.74) is 8.14. The number of benzene rings is 1. The Labute approximate surface area is 120 Å². The van der Waals surface area contributed by atoms with Crippen LogP contribution in [-0.4, -0.2) is 23.2 Å². The van der Waals surface area contributed by atoms with E-state index in [2.05, 4.69) is 6.07 Å². The summed E-state index contributed by atoms with van der Waals surface area (Å²) in [6.07, 6.45) is 1.47. The van der Waals surface area contributed by atoms with Crippen LogP contribution in [0.3, 0.4) is 0 Å². The Morgan fingerprint density at radius 2 is 1.90 bits per heavy atom. The van der Waals surface area contributed by atoms with Crippen LogP contribution in [0.15, 0.2) is 12.1 Å². The van der Waals surface area contributed by atoms with E-state index in [1.807, 2.05) is 26.8 Å². The van der Waals surface area contributed by atoms with Gasteiger partial charge in [0.05, 0.1) is 6.61 Å². The molecule has 0 heterocycles. The number of carboxylic acid groups (broad SMARTS) is 1. The van der Waals surface area contributed by atoms with Gasteiger partial charge in [-0.05, 0) is 56.7 Å². The number of aryl methyl sites for hydroxylation is 2. The van der Waals surface area contributed by atoms with Gasteiger partial charge in [0.15, 0.2) is 0 Å². The fourth-order valence-corrected chi connectivity index (χ4v) is 2.14. The van der Waals surface area contributed by atoms with E-state index in [0.29, 0.717) is 25.9 Å². The first-order chi connectivity index (χ1) is 9.31. The molecule has 0 aliphatic rings. The van der Waals surface area contributed by atoms with Gasteiger partial charge in [0.25, 0.3) is 0 Å². The molecule has 0 aromatic heterocycles. The van der Waals surface area contributed by atoms with E-state index in [9.17, 15) is 4.79 Å². The number of hydrogen-bond donors (Lipinski definition) is 2. The van der Waals surface area contributed by atoms with Crippen molar-refractivity contribution in [2.75, 3.05) is 6.61 Å². The summed E-state index contributed by atoms with van der Waals surface area (Å²) in [5, 5.41) is 9.11. The zero-order valence-electron chi connectivity index (χ0n) is 12.8. The van der Waals surface area contributed by atoms with Crippen LogP contribution >= 0.6 is 0 Å². The fraction of sp³-hybridized carbons (Fsp3) is 0.562. The Morgan fingerprint density at radius 1 is 1.30 bits per heavy atom. The van der Waals surface area contributed by atoms with Crippen molar-refractivity contribution in [1.82, 2.24) is 0 Å². The topological polar surface area (TPSA) is 72.5 Å². The first kappa shape index (κ1) is 16.5. The van der Waals surface area contributed by atoms with Gasteiger partial charge >= 0.3 is 5.97 Å². The van der Waals surface area contributed by atoms with E-state index in [1.165, 1.54) is 5.56 Å². The molecular formula is C16H25NO3. The van der Waals surface area contributed by atoms with E-state index in [1.54, 1.807) is 6.92 Å². The predicted octanol–water partition coefficient (Wildman–Crippen LogP) is 2.96. The van der Waals surface area contributed by atoms with Crippen LogP contribution in [0, 0.1) is 20.8 Å². The number of carboxylic acids is 1. The van der Waals surface area contributed by atoms with Gasteiger partial charge in [0, 0.05) is 0 Å². The van der Waals surface area contributed by atoms with Crippen molar-refractivity contribution in [2.45, 2.75) is 52.5 Å². The lowest BCUT2D eigenvalue weighted by Gasteiger charge is -2.23. The first-order valence-electron chi connectivity index (χ1n) is 7.03. The third-order valence-corrected chi connectivity index (χ3v) is 3.94. The Balaban J connectivity index is 2.58. The van der Waals surface area contributed by atoms with Crippen LogP contribution in [0.1, 0.15) is 42.9 Å². The lowest BCUT2D eigenvalue weighted by molar-refractivity contribution is -0.143. The molecule has 4 heteroatoms. The highest BCUT2D eigenvalue weighted by atomic mass is 16.5. The smallest absolute Gasteiger partial charge is 0.323 e. The maximum Gasteiger partial charge on any atom is 0.323 e. The minimum Gasteiger partial charge on any atom is -0.493 e. The monoisotopic (exact) mass is 279 g/mol. The Kier molecular flexibility index (Phi) is 5.57. The van der Waals surface area contributed by atoms with Gasteiger partial charge < -0.3 is 15.6 Å². The second-order valence-corrected chi connectivity index (χ2v) is 5.42. The summed E-state index contributed by atoms with van der Waals surface area (Å²) < 4.78 is 5.82. The number of carbonyl (C=O) groups is 1. The van der Waals surface area contributed by atoms with Crippen LogP contribution in [-0.2, 0) is 4.79 Å². The van der Waals surface area contributed by atoms with E-state index in [0.717, 1.165) is 16.9 Å². The van der Waals surface area contributed by atoms with Gasteiger partial charge in [-0.15, -0.1) is 0 Å². The van der Waals surface area contributed by atoms with Crippen LogP contribution in [0.2, 0.25) is 0 Å². The average molecular weight is 279 g/mol. The molecule has 0 saturated carbocycles.